The van der Waals surface area contributed by atoms with Crippen molar-refractivity contribution in [3.63, 3.8) is 0 Å². The summed E-state index contributed by atoms with van der Waals surface area (Å²) in [5.74, 6) is -0.213. The van der Waals surface area contributed by atoms with Crippen LogP contribution in [0.5, 0.6) is 0 Å². The minimum atomic E-state index is -0.548. The summed E-state index contributed by atoms with van der Waals surface area (Å²) < 4.78 is 11.1. The Morgan fingerprint density at radius 3 is 1.56 bits per heavy atom. The molecule has 4 heteroatoms. The van der Waals surface area contributed by atoms with E-state index in [0.717, 1.165) is 64.2 Å². The van der Waals surface area contributed by atoms with Gasteiger partial charge in [-0.3, -0.25) is 4.79 Å². The maximum Gasteiger partial charge on any atom is 0.306 e. The van der Waals surface area contributed by atoms with E-state index < -0.39 is 6.10 Å². The maximum atomic E-state index is 12.1. The molecule has 0 heterocycles. The summed E-state index contributed by atoms with van der Waals surface area (Å²) in [6.07, 6.45) is 45.8. The van der Waals surface area contributed by atoms with Crippen molar-refractivity contribution >= 4 is 5.97 Å². The highest BCUT2D eigenvalue weighted by atomic mass is 16.6. The van der Waals surface area contributed by atoms with E-state index in [1.165, 1.54) is 83.5 Å². The third kappa shape index (κ3) is 34.7. The lowest BCUT2D eigenvalue weighted by Gasteiger charge is -2.15. The Labute approximate surface area is 267 Å². The molecule has 0 aromatic carbocycles. The van der Waals surface area contributed by atoms with Gasteiger partial charge in [0.05, 0.1) is 13.2 Å². The smallest absolute Gasteiger partial charge is 0.306 e. The Balaban J connectivity index is 3.51. The van der Waals surface area contributed by atoms with Crippen molar-refractivity contribution in [3.8, 4) is 0 Å². The van der Waals surface area contributed by atoms with Crippen LogP contribution in [0.2, 0.25) is 0 Å². The second-order valence-electron chi connectivity index (χ2n) is 11.9. The molecule has 0 saturated carbocycles. The lowest BCUT2D eigenvalue weighted by atomic mass is 10.0. The average molecular weight is 603 g/mol. The largest absolute Gasteiger partial charge is 0.457 e. The minimum absolute atomic E-state index is 0.184. The Hall–Kier alpha value is -1.65. The number of aliphatic hydroxyl groups excluding tert-OH is 1. The van der Waals surface area contributed by atoms with E-state index in [1.807, 2.05) is 0 Å². The molecule has 0 saturated heterocycles. The molecule has 0 rings (SSSR count). The first-order chi connectivity index (χ1) is 21.2. The molecule has 0 fully saturated rings. The summed E-state index contributed by atoms with van der Waals surface area (Å²) in [6.45, 7) is 5.16. The number of rotatable bonds is 33. The van der Waals surface area contributed by atoms with Crippen molar-refractivity contribution in [1.82, 2.24) is 0 Å². The quantitative estimate of drug-likeness (QED) is 0.0461. The number of unbranched alkanes of at least 4 members (excludes halogenated alkanes) is 17. The minimum Gasteiger partial charge on any atom is -0.457 e. The molecular weight excluding hydrogens is 532 g/mol. The molecule has 0 aromatic heterocycles. The Morgan fingerprint density at radius 2 is 1.05 bits per heavy atom. The number of carbonyl (C=O) groups excluding carboxylic acids is 1. The number of allylic oxidation sites excluding steroid dienone is 8. The maximum absolute atomic E-state index is 12.1. The third-order valence-electron chi connectivity index (χ3n) is 7.67. The van der Waals surface area contributed by atoms with E-state index in [0.29, 0.717) is 13.0 Å². The summed E-state index contributed by atoms with van der Waals surface area (Å²) in [4.78, 5) is 12.1. The molecule has 250 valence electrons. The molecule has 43 heavy (non-hydrogen) atoms. The predicted molar refractivity (Wildman–Crippen MR) is 187 cm³/mol. The molecule has 0 amide bonds. The van der Waals surface area contributed by atoms with Crippen LogP contribution in [0.15, 0.2) is 48.6 Å². The van der Waals surface area contributed by atoms with Gasteiger partial charge in [-0.05, 0) is 51.4 Å². The zero-order chi connectivity index (χ0) is 31.3. The SMILES string of the molecule is CC/C=C\C/C=C\C/C=C\C/C=C\CCCCCOCC(CO)OC(=O)CCCCCCCCCCCCCCCCC. The van der Waals surface area contributed by atoms with Gasteiger partial charge in [0.1, 0.15) is 6.10 Å². The van der Waals surface area contributed by atoms with Crippen LogP contribution in [0.4, 0.5) is 0 Å². The second kappa shape index (κ2) is 36.5. The van der Waals surface area contributed by atoms with Crippen molar-refractivity contribution in [2.45, 2.75) is 174 Å². The number of esters is 1. The van der Waals surface area contributed by atoms with Crippen molar-refractivity contribution < 1.29 is 19.4 Å². The summed E-state index contributed by atoms with van der Waals surface area (Å²) in [5, 5.41) is 9.55. The lowest BCUT2D eigenvalue weighted by molar-refractivity contribution is -0.154. The number of carbonyl (C=O) groups is 1. The molecule has 1 unspecified atom stereocenters. The van der Waals surface area contributed by atoms with Gasteiger partial charge in [-0.15, -0.1) is 0 Å². The van der Waals surface area contributed by atoms with Crippen LogP contribution in [0.3, 0.4) is 0 Å². The molecule has 0 aliphatic carbocycles. The van der Waals surface area contributed by atoms with Crippen molar-refractivity contribution in [2.75, 3.05) is 19.8 Å². The molecule has 1 atom stereocenters. The van der Waals surface area contributed by atoms with Gasteiger partial charge in [-0.1, -0.05) is 159 Å². The van der Waals surface area contributed by atoms with Gasteiger partial charge in [0.25, 0.3) is 0 Å². The Kier molecular flexibility index (Phi) is 35.1. The van der Waals surface area contributed by atoms with E-state index >= 15 is 0 Å². The second-order valence-corrected chi connectivity index (χ2v) is 11.9. The molecular formula is C39H70O4. The van der Waals surface area contributed by atoms with Gasteiger partial charge in [-0.25, -0.2) is 0 Å². The van der Waals surface area contributed by atoms with Gasteiger partial charge in [-0.2, -0.15) is 0 Å². The Bertz CT molecular complexity index is 679. The first-order valence-electron chi connectivity index (χ1n) is 18.2. The molecule has 0 aliphatic rings. The zero-order valence-electron chi connectivity index (χ0n) is 28.5. The van der Waals surface area contributed by atoms with Gasteiger partial charge in [0.15, 0.2) is 0 Å². The van der Waals surface area contributed by atoms with Gasteiger partial charge in [0.2, 0.25) is 0 Å². The highest BCUT2D eigenvalue weighted by Crippen LogP contribution is 2.14. The number of hydrogen-bond acceptors (Lipinski definition) is 4. The van der Waals surface area contributed by atoms with Gasteiger partial charge < -0.3 is 14.6 Å². The topological polar surface area (TPSA) is 55.8 Å². The highest BCUT2D eigenvalue weighted by molar-refractivity contribution is 5.69. The molecule has 0 spiro atoms. The predicted octanol–water partition coefficient (Wildman–Crippen LogP) is 11.5. The fraction of sp³-hybridized carbons (Fsp3) is 0.769. The summed E-state index contributed by atoms with van der Waals surface area (Å²) in [6, 6.07) is 0. The van der Waals surface area contributed by atoms with Crippen LogP contribution in [0.1, 0.15) is 168 Å². The molecule has 4 nitrogen and oxygen atoms in total. The fourth-order valence-electron chi connectivity index (χ4n) is 4.96. The van der Waals surface area contributed by atoms with Crippen LogP contribution in [0.25, 0.3) is 0 Å². The van der Waals surface area contributed by atoms with Gasteiger partial charge in [0, 0.05) is 13.0 Å². The van der Waals surface area contributed by atoms with Crippen molar-refractivity contribution in [2.24, 2.45) is 0 Å². The van der Waals surface area contributed by atoms with Crippen LogP contribution < -0.4 is 0 Å². The van der Waals surface area contributed by atoms with E-state index in [2.05, 4.69) is 62.5 Å². The fourth-order valence-corrected chi connectivity index (χ4v) is 4.96. The van der Waals surface area contributed by atoms with E-state index in [9.17, 15) is 9.90 Å². The lowest BCUT2D eigenvalue weighted by Crippen LogP contribution is -2.27. The number of hydrogen-bond donors (Lipinski definition) is 1. The summed E-state index contributed by atoms with van der Waals surface area (Å²) in [5.41, 5.74) is 0. The van der Waals surface area contributed by atoms with Crippen LogP contribution in [-0.2, 0) is 14.3 Å². The molecule has 0 aromatic rings. The summed E-state index contributed by atoms with van der Waals surface area (Å²) >= 11 is 0. The molecule has 0 radical (unpaired) electrons. The van der Waals surface area contributed by atoms with Crippen molar-refractivity contribution in [3.05, 3.63) is 48.6 Å². The van der Waals surface area contributed by atoms with Crippen LogP contribution in [0, 0.1) is 0 Å². The Morgan fingerprint density at radius 1 is 0.581 bits per heavy atom. The van der Waals surface area contributed by atoms with Crippen LogP contribution in [-0.4, -0.2) is 37.0 Å². The third-order valence-corrected chi connectivity index (χ3v) is 7.67. The number of aliphatic hydroxyl groups is 1. The highest BCUT2D eigenvalue weighted by Gasteiger charge is 2.13. The number of ether oxygens (including phenoxy) is 2. The van der Waals surface area contributed by atoms with E-state index in [1.54, 1.807) is 0 Å². The van der Waals surface area contributed by atoms with Crippen LogP contribution >= 0.6 is 0 Å². The van der Waals surface area contributed by atoms with Gasteiger partial charge >= 0.3 is 5.97 Å². The monoisotopic (exact) mass is 603 g/mol. The average Bonchev–Trinajstić information content (AvgIpc) is 3.01. The zero-order valence-corrected chi connectivity index (χ0v) is 28.5. The normalized spacial score (nSPS) is 12.9. The van der Waals surface area contributed by atoms with E-state index in [-0.39, 0.29) is 19.2 Å². The molecule has 0 aliphatic heterocycles. The van der Waals surface area contributed by atoms with Crippen molar-refractivity contribution in [1.29, 1.82) is 0 Å². The van der Waals surface area contributed by atoms with E-state index in [4.69, 9.17) is 9.47 Å². The molecule has 1 N–H and O–H groups in total. The molecule has 0 bridgehead atoms. The standard InChI is InChI=1S/C39H70O4/c1-3-5-7-9-11-13-15-17-19-21-23-25-27-29-31-33-35-42-37-38(36-40)43-39(41)34-32-30-28-26-24-22-20-18-16-14-12-10-8-6-4-2/h5,7,11,13,17,19,23,25,38,40H,3-4,6,8-10,12,14-16,18,20-22,24,26-37H2,1-2H3/b7-5-,13-11-,19-17-,25-23-. The summed E-state index contributed by atoms with van der Waals surface area (Å²) in [7, 11) is 0. The first-order valence-corrected chi connectivity index (χ1v) is 18.2. The first kappa shape index (κ1) is 41.4.